The van der Waals surface area contributed by atoms with Crippen molar-refractivity contribution in [3.63, 3.8) is 0 Å². The van der Waals surface area contributed by atoms with Gasteiger partial charge in [-0.15, -0.1) is 0 Å². The number of rotatable bonds is 7. The van der Waals surface area contributed by atoms with Gasteiger partial charge in [-0.3, -0.25) is 0 Å². The van der Waals surface area contributed by atoms with E-state index in [-0.39, 0.29) is 6.10 Å². The van der Waals surface area contributed by atoms with Crippen molar-refractivity contribution >= 4 is 29.3 Å². The lowest BCUT2D eigenvalue weighted by Crippen LogP contribution is -2.45. The summed E-state index contributed by atoms with van der Waals surface area (Å²) < 4.78 is 16.6. The van der Waals surface area contributed by atoms with Gasteiger partial charge in [0.25, 0.3) is 0 Å². The molecule has 0 saturated heterocycles. The second-order valence-electron chi connectivity index (χ2n) is 8.13. The Morgan fingerprint density at radius 3 is 2.03 bits per heavy atom. The van der Waals surface area contributed by atoms with Crippen molar-refractivity contribution in [3.8, 4) is 17.2 Å². The van der Waals surface area contributed by atoms with Crippen molar-refractivity contribution in [2.24, 2.45) is 0 Å². The highest BCUT2D eigenvalue weighted by atomic mass is 35.5. The fourth-order valence-corrected chi connectivity index (χ4v) is 3.79. The zero-order valence-electron chi connectivity index (χ0n) is 19.5. The first kappa shape index (κ1) is 24.2. The summed E-state index contributed by atoms with van der Waals surface area (Å²) in [5, 5.41) is 6.24. The van der Waals surface area contributed by atoms with Gasteiger partial charge in [0.1, 0.15) is 17.2 Å². The summed E-state index contributed by atoms with van der Waals surface area (Å²) in [6, 6.07) is 20.1. The van der Waals surface area contributed by atoms with E-state index in [1.165, 1.54) is 0 Å². The van der Waals surface area contributed by atoms with E-state index in [1.807, 2.05) is 0 Å². The number of hydrogen-bond acceptors (Lipinski definition) is 5. The van der Waals surface area contributed by atoms with E-state index in [1.54, 1.807) is 93.8 Å². The first-order valence-corrected chi connectivity index (χ1v) is 11.4. The molecule has 0 radical (unpaired) electrons. The lowest BCUT2D eigenvalue weighted by Gasteiger charge is -2.30. The van der Waals surface area contributed by atoms with Gasteiger partial charge < -0.3 is 24.8 Å². The van der Waals surface area contributed by atoms with Gasteiger partial charge >= 0.3 is 12.0 Å². The second-order valence-corrected chi connectivity index (χ2v) is 8.56. The maximum atomic E-state index is 13.2. The van der Waals surface area contributed by atoms with Crippen LogP contribution < -0.4 is 20.1 Å². The number of hydrogen-bond donors (Lipinski definition) is 2. The Bertz CT molecular complexity index is 1240. The molecular weight excluding hydrogens is 468 g/mol. The first-order valence-electron chi connectivity index (χ1n) is 11.0. The Balaban J connectivity index is 1.71. The quantitative estimate of drug-likeness (QED) is 0.403. The Hall–Kier alpha value is -3.97. The predicted octanol–water partition coefficient (Wildman–Crippen LogP) is 5.86. The number of urea groups is 1. The molecular formula is C27H25ClN2O5. The van der Waals surface area contributed by atoms with Gasteiger partial charge in [0.15, 0.2) is 0 Å². The average molecular weight is 493 g/mol. The van der Waals surface area contributed by atoms with Crippen molar-refractivity contribution in [1.82, 2.24) is 10.6 Å². The summed E-state index contributed by atoms with van der Waals surface area (Å²) in [6.45, 7) is 3.55. The summed E-state index contributed by atoms with van der Waals surface area (Å²) in [4.78, 5) is 25.8. The van der Waals surface area contributed by atoms with Crippen LogP contribution in [0.4, 0.5) is 4.79 Å². The first-order chi connectivity index (χ1) is 16.8. The van der Waals surface area contributed by atoms with Crippen LogP contribution in [0.3, 0.4) is 0 Å². The maximum Gasteiger partial charge on any atom is 0.338 e. The Labute approximate surface area is 208 Å². The molecule has 4 rings (SSSR count). The molecule has 2 N–H and O–H groups in total. The highest BCUT2D eigenvalue weighted by Crippen LogP contribution is 2.34. The third-order valence-electron chi connectivity index (χ3n) is 5.28. The average Bonchev–Trinajstić information content (AvgIpc) is 2.85. The molecule has 1 atom stereocenters. The molecule has 0 aromatic heterocycles. The SMILES string of the molecule is COc1ccc(C2=C(C(=O)OC(C)C)C(c3ccc(Oc4ccc(Cl)cc4)cc3)NC(=O)N2)cc1. The minimum atomic E-state index is -0.725. The molecule has 180 valence electrons. The van der Waals surface area contributed by atoms with Crippen LogP contribution in [0.1, 0.15) is 31.0 Å². The van der Waals surface area contributed by atoms with Crippen LogP contribution in [0.15, 0.2) is 78.4 Å². The molecule has 7 nitrogen and oxygen atoms in total. The van der Waals surface area contributed by atoms with Crippen LogP contribution in [0, 0.1) is 0 Å². The lowest BCUT2D eigenvalue weighted by atomic mass is 9.92. The highest BCUT2D eigenvalue weighted by molar-refractivity contribution is 6.30. The topological polar surface area (TPSA) is 85.9 Å². The molecule has 0 saturated carbocycles. The van der Waals surface area contributed by atoms with Crippen LogP contribution in [-0.2, 0) is 9.53 Å². The fraction of sp³-hybridized carbons (Fsp3) is 0.185. The van der Waals surface area contributed by atoms with Gasteiger partial charge in [-0.2, -0.15) is 0 Å². The molecule has 3 aromatic carbocycles. The number of benzene rings is 3. The number of carbonyl (C=O) groups is 2. The van der Waals surface area contributed by atoms with Crippen LogP contribution >= 0.6 is 11.6 Å². The van der Waals surface area contributed by atoms with Crippen LogP contribution in [0.25, 0.3) is 5.70 Å². The van der Waals surface area contributed by atoms with Crippen LogP contribution in [0.5, 0.6) is 17.2 Å². The molecule has 1 unspecified atom stereocenters. The van der Waals surface area contributed by atoms with E-state index in [0.29, 0.717) is 44.7 Å². The Kier molecular flexibility index (Phi) is 7.27. The standard InChI is InChI=1S/C27H25ClN2O5/c1-16(2)34-26(31)23-24(17-4-10-20(33-3)11-5-17)29-27(32)30-25(23)18-6-12-21(13-7-18)35-22-14-8-19(28)9-15-22/h4-16,25H,1-3H3,(H2,29,30,32). The summed E-state index contributed by atoms with van der Waals surface area (Å²) in [5.74, 6) is 1.38. The molecule has 1 heterocycles. The minimum Gasteiger partial charge on any atom is -0.497 e. The van der Waals surface area contributed by atoms with Gasteiger partial charge in [0.05, 0.1) is 30.5 Å². The summed E-state index contributed by atoms with van der Waals surface area (Å²) in [7, 11) is 1.57. The number of nitrogens with one attached hydrogen (secondary N) is 2. The van der Waals surface area contributed by atoms with Gasteiger partial charge in [0, 0.05) is 5.02 Å². The maximum absolute atomic E-state index is 13.2. The smallest absolute Gasteiger partial charge is 0.338 e. The second kappa shape index (κ2) is 10.5. The molecule has 8 heteroatoms. The number of ether oxygens (including phenoxy) is 3. The summed E-state index contributed by atoms with van der Waals surface area (Å²) in [6.07, 6.45) is -0.333. The number of amides is 2. The Morgan fingerprint density at radius 1 is 0.886 bits per heavy atom. The van der Waals surface area contributed by atoms with Crippen molar-refractivity contribution in [1.29, 1.82) is 0 Å². The zero-order valence-corrected chi connectivity index (χ0v) is 20.3. The molecule has 2 amide bonds. The molecule has 0 aliphatic carbocycles. The van der Waals surface area contributed by atoms with Crippen molar-refractivity contribution in [2.45, 2.75) is 26.0 Å². The zero-order chi connectivity index (χ0) is 24.9. The molecule has 35 heavy (non-hydrogen) atoms. The lowest BCUT2D eigenvalue weighted by molar-refractivity contribution is -0.143. The van der Waals surface area contributed by atoms with E-state index >= 15 is 0 Å². The third-order valence-corrected chi connectivity index (χ3v) is 5.53. The summed E-state index contributed by atoms with van der Waals surface area (Å²) in [5.41, 5.74) is 2.04. The van der Waals surface area contributed by atoms with Crippen LogP contribution in [0.2, 0.25) is 5.02 Å². The largest absolute Gasteiger partial charge is 0.497 e. The number of halogens is 1. The number of carbonyl (C=O) groups excluding carboxylic acids is 2. The molecule has 0 bridgehead atoms. The van der Waals surface area contributed by atoms with Gasteiger partial charge in [-0.05, 0) is 85.6 Å². The predicted molar refractivity (Wildman–Crippen MR) is 134 cm³/mol. The van der Waals surface area contributed by atoms with Crippen molar-refractivity contribution in [2.75, 3.05) is 7.11 Å². The van der Waals surface area contributed by atoms with E-state index in [0.717, 1.165) is 0 Å². The van der Waals surface area contributed by atoms with Crippen LogP contribution in [-0.4, -0.2) is 25.2 Å². The molecule has 0 fully saturated rings. The minimum absolute atomic E-state index is 0.301. The molecule has 0 spiro atoms. The van der Waals surface area contributed by atoms with E-state index in [2.05, 4.69) is 10.6 Å². The Morgan fingerprint density at radius 2 is 1.46 bits per heavy atom. The molecule has 3 aromatic rings. The molecule has 1 aliphatic rings. The van der Waals surface area contributed by atoms with Gasteiger partial charge in [0.2, 0.25) is 0 Å². The monoisotopic (exact) mass is 492 g/mol. The van der Waals surface area contributed by atoms with Crippen molar-refractivity contribution < 1.29 is 23.8 Å². The summed E-state index contributed by atoms with van der Waals surface area (Å²) >= 11 is 5.93. The fourth-order valence-electron chi connectivity index (χ4n) is 3.66. The van der Waals surface area contributed by atoms with Gasteiger partial charge in [-0.25, -0.2) is 9.59 Å². The number of esters is 1. The molecule has 1 aliphatic heterocycles. The van der Waals surface area contributed by atoms with E-state index < -0.39 is 18.0 Å². The van der Waals surface area contributed by atoms with E-state index in [4.69, 9.17) is 25.8 Å². The normalized spacial score (nSPS) is 15.3. The third kappa shape index (κ3) is 5.75. The van der Waals surface area contributed by atoms with Gasteiger partial charge in [-0.1, -0.05) is 23.7 Å². The van der Waals surface area contributed by atoms with Crippen molar-refractivity contribution in [3.05, 3.63) is 94.5 Å². The highest BCUT2D eigenvalue weighted by Gasteiger charge is 2.34. The number of methoxy groups -OCH3 is 1. The van der Waals surface area contributed by atoms with E-state index in [9.17, 15) is 9.59 Å².